The summed E-state index contributed by atoms with van der Waals surface area (Å²) in [6.07, 6.45) is 7.30. The first kappa shape index (κ1) is 19.3. The quantitative estimate of drug-likeness (QED) is 0.762. The van der Waals surface area contributed by atoms with E-state index in [0.717, 1.165) is 76.8 Å². The molecule has 0 spiro atoms. The second-order valence-corrected chi connectivity index (χ2v) is 8.10. The van der Waals surface area contributed by atoms with Crippen LogP contribution in [0.1, 0.15) is 51.0 Å². The standard InChI is InChI=1S/C22H33FN2O/c1-2-24-13-10-19(11-14-24)16-22(26)25-12-4-6-20(17-25)9-8-18-5-3-7-21(23)15-18/h3,5,7,15,19-20H,2,4,6,8-14,16-17H2,1H3/t20-/m1/s1. The summed E-state index contributed by atoms with van der Waals surface area (Å²) in [6, 6.07) is 6.91. The molecule has 2 heterocycles. The van der Waals surface area contributed by atoms with Gasteiger partial charge >= 0.3 is 0 Å². The molecule has 0 unspecified atom stereocenters. The molecule has 2 saturated heterocycles. The predicted octanol–water partition coefficient (Wildman–Crippen LogP) is 4.12. The van der Waals surface area contributed by atoms with E-state index in [9.17, 15) is 9.18 Å². The van der Waals surface area contributed by atoms with E-state index in [2.05, 4.69) is 16.7 Å². The van der Waals surface area contributed by atoms with Crippen LogP contribution in [0.4, 0.5) is 4.39 Å². The number of benzene rings is 1. The predicted molar refractivity (Wildman–Crippen MR) is 103 cm³/mol. The Morgan fingerprint density at radius 3 is 2.69 bits per heavy atom. The van der Waals surface area contributed by atoms with Gasteiger partial charge in [0.25, 0.3) is 0 Å². The summed E-state index contributed by atoms with van der Waals surface area (Å²) >= 11 is 0. The molecule has 0 saturated carbocycles. The Kier molecular flexibility index (Phi) is 7.07. The van der Waals surface area contributed by atoms with Crippen LogP contribution >= 0.6 is 0 Å². The van der Waals surface area contributed by atoms with Crippen LogP contribution < -0.4 is 0 Å². The average Bonchev–Trinajstić information content (AvgIpc) is 2.67. The zero-order chi connectivity index (χ0) is 18.4. The van der Waals surface area contributed by atoms with Gasteiger partial charge in [-0.3, -0.25) is 4.79 Å². The molecule has 0 bridgehead atoms. The summed E-state index contributed by atoms with van der Waals surface area (Å²) in [7, 11) is 0. The highest BCUT2D eigenvalue weighted by Crippen LogP contribution is 2.25. The van der Waals surface area contributed by atoms with Crippen LogP contribution in [0.2, 0.25) is 0 Å². The normalized spacial score (nSPS) is 22.5. The zero-order valence-corrected chi connectivity index (χ0v) is 16.1. The van der Waals surface area contributed by atoms with E-state index in [0.29, 0.717) is 17.7 Å². The van der Waals surface area contributed by atoms with Crippen LogP contribution in [0.5, 0.6) is 0 Å². The molecular weight excluding hydrogens is 327 g/mol. The van der Waals surface area contributed by atoms with E-state index in [1.54, 1.807) is 12.1 Å². The molecule has 26 heavy (non-hydrogen) atoms. The molecular formula is C22H33FN2O. The third-order valence-electron chi connectivity index (χ3n) is 6.22. The third kappa shape index (κ3) is 5.54. The minimum atomic E-state index is -0.155. The van der Waals surface area contributed by atoms with Crippen molar-refractivity contribution in [2.45, 2.75) is 51.9 Å². The van der Waals surface area contributed by atoms with Gasteiger partial charge in [-0.05, 0) is 87.7 Å². The minimum Gasteiger partial charge on any atom is -0.342 e. The third-order valence-corrected chi connectivity index (χ3v) is 6.22. The highest BCUT2D eigenvalue weighted by atomic mass is 19.1. The van der Waals surface area contributed by atoms with E-state index in [4.69, 9.17) is 0 Å². The molecule has 1 aromatic carbocycles. The molecule has 3 rings (SSSR count). The first-order valence-corrected chi connectivity index (χ1v) is 10.4. The van der Waals surface area contributed by atoms with Gasteiger partial charge < -0.3 is 9.80 Å². The SMILES string of the molecule is CCN1CCC(CC(=O)N2CCC[C@H](CCc3cccc(F)c3)C2)CC1. The van der Waals surface area contributed by atoms with Crippen molar-refractivity contribution in [2.24, 2.45) is 11.8 Å². The van der Waals surface area contributed by atoms with Crippen molar-refractivity contribution >= 4 is 5.91 Å². The average molecular weight is 361 g/mol. The maximum Gasteiger partial charge on any atom is 0.222 e. The van der Waals surface area contributed by atoms with Crippen LogP contribution in [-0.4, -0.2) is 48.4 Å². The lowest BCUT2D eigenvalue weighted by Crippen LogP contribution is -2.42. The number of nitrogens with zero attached hydrogens (tertiary/aromatic N) is 2. The number of hydrogen-bond acceptors (Lipinski definition) is 2. The molecule has 4 heteroatoms. The fourth-order valence-electron chi connectivity index (χ4n) is 4.47. The summed E-state index contributed by atoms with van der Waals surface area (Å²) in [6.45, 7) is 7.43. The Morgan fingerprint density at radius 1 is 1.15 bits per heavy atom. The van der Waals surface area contributed by atoms with Gasteiger partial charge in [0, 0.05) is 19.5 Å². The number of aryl methyl sites for hydroxylation is 1. The molecule has 0 radical (unpaired) electrons. The van der Waals surface area contributed by atoms with Crippen molar-refractivity contribution in [3.8, 4) is 0 Å². The van der Waals surface area contributed by atoms with Crippen LogP contribution in [0, 0.1) is 17.7 Å². The lowest BCUT2D eigenvalue weighted by atomic mass is 9.89. The van der Waals surface area contributed by atoms with E-state index in [1.807, 2.05) is 6.07 Å². The second-order valence-electron chi connectivity index (χ2n) is 8.10. The number of halogens is 1. The maximum atomic E-state index is 13.3. The van der Waals surface area contributed by atoms with Gasteiger partial charge in [0.1, 0.15) is 5.82 Å². The van der Waals surface area contributed by atoms with Crippen LogP contribution in [0.25, 0.3) is 0 Å². The second kappa shape index (κ2) is 9.50. The molecule has 2 aliphatic rings. The van der Waals surface area contributed by atoms with Crippen LogP contribution in [0.3, 0.4) is 0 Å². The van der Waals surface area contributed by atoms with Crippen molar-refractivity contribution in [2.75, 3.05) is 32.7 Å². The Bertz CT molecular complexity index is 583. The number of rotatable bonds is 6. The summed E-state index contributed by atoms with van der Waals surface area (Å²) < 4.78 is 13.3. The molecule has 2 aliphatic heterocycles. The fourth-order valence-corrected chi connectivity index (χ4v) is 4.47. The van der Waals surface area contributed by atoms with Gasteiger partial charge in [0.05, 0.1) is 0 Å². The Morgan fingerprint density at radius 2 is 1.96 bits per heavy atom. The summed E-state index contributed by atoms with van der Waals surface area (Å²) in [4.78, 5) is 17.3. The largest absolute Gasteiger partial charge is 0.342 e. The topological polar surface area (TPSA) is 23.6 Å². The van der Waals surface area contributed by atoms with Gasteiger partial charge in [-0.1, -0.05) is 19.1 Å². The Balaban J connectivity index is 1.43. The first-order valence-electron chi connectivity index (χ1n) is 10.4. The molecule has 2 fully saturated rings. The van der Waals surface area contributed by atoms with E-state index in [1.165, 1.54) is 12.5 Å². The molecule has 144 valence electrons. The van der Waals surface area contributed by atoms with Crippen molar-refractivity contribution in [3.05, 3.63) is 35.6 Å². The number of carbonyl (C=O) groups excluding carboxylic acids is 1. The summed E-state index contributed by atoms with van der Waals surface area (Å²) in [5.74, 6) is 1.32. The van der Waals surface area contributed by atoms with Gasteiger partial charge in [-0.15, -0.1) is 0 Å². The molecule has 1 amide bonds. The number of piperidine rings is 2. The molecule has 0 N–H and O–H groups in total. The Hall–Kier alpha value is -1.42. The van der Waals surface area contributed by atoms with E-state index >= 15 is 0 Å². The fraction of sp³-hybridized carbons (Fsp3) is 0.682. The highest BCUT2D eigenvalue weighted by Gasteiger charge is 2.27. The van der Waals surface area contributed by atoms with E-state index < -0.39 is 0 Å². The van der Waals surface area contributed by atoms with Crippen molar-refractivity contribution in [3.63, 3.8) is 0 Å². The molecule has 1 aromatic rings. The molecule has 0 aliphatic carbocycles. The number of hydrogen-bond donors (Lipinski definition) is 0. The Labute approximate surface area is 157 Å². The number of carbonyl (C=O) groups is 1. The van der Waals surface area contributed by atoms with Gasteiger partial charge in [0.2, 0.25) is 5.91 Å². The zero-order valence-electron chi connectivity index (χ0n) is 16.1. The smallest absolute Gasteiger partial charge is 0.222 e. The highest BCUT2D eigenvalue weighted by molar-refractivity contribution is 5.76. The monoisotopic (exact) mass is 360 g/mol. The summed E-state index contributed by atoms with van der Waals surface area (Å²) in [5.41, 5.74) is 1.07. The summed E-state index contributed by atoms with van der Waals surface area (Å²) in [5, 5.41) is 0. The van der Waals surface area contributed by atoms with Crippen molar-refractivity contribution in [1.29, 1.82) is 0 Å². The van der Waals surface area contributed by atoms with Gasteiger partial charge in [0.15, 0.2) is 0 Å². The van der Waals surface area contributed by atoms with Gasteiger partial charge in [-0.2, -0.15) is 0 Å². The van der Waals surface area contributed by atoms with Crippen molar-refractivity contribution in [1.82, 2.24) is 9.80 Å². The molecule has 0 aromatic heterocycles. The lowest BCUT2D eigenvalue weighted by Gasteiger charge is -2.35. The number of amides is 1. The van der Waals surface area contributed by atoms with Gasteiger partial charge in [-0.25, -0.2) is 4.39 Å². The van der Waals surface area contributed by atoms with Crippen molar-refractivity contribution < 1.29 is 9.18 Å². The van der Waals surface area contributed by atoms with E-state index in [-0.39, 0.29) is 5.82 Å². The van der Waals surface area contributed by atoms with Crippen LogP contribution in [-0.2, 0) is 11.2 Å². The lowest BCUT2D eigenvalue weighted by molar-refractivity contribution is -0.134. The molecule has 1 atom stereocenters. The maximum absolute atomic E-state index is 13.3. The minimum absolute atomic E-state index is 0.155. The van der Waals surface area contributed by atoms with Crippen LogP contribution in [0.15, 0.2) is 24.3 Å². The molecule has 3 nitrogen and oxygen atoms in total. The first-order chi connectivity index (χ1) is 12.6. The number of likely N-dealkylation sites (tertiary alicyclic amines) is 2.